The number of aromatic nitrogens is 3. The minimum Gasteiger partial charge on any atom is -0.277 e. The van der Waals surface area contributed by atoms with Gasteiger partial charge in [-0.3, -0.25) is 9.30 Å². The van der Waals surface area contributed by atoms with Crippen molar-refractivity contribution in [2.75, 3.05) is 6.54 Å². The molecule has 0 aromatic carbocycles. The molecule has 21 heavy (non-hydrogen) atoms. The molecule has 1 aliphatic heterocycles. The number of hydrogen-bond acceptors (Lipinski definition) is 4. The van der Waals surface area contributed by atoms with E-state index in [2.05, 4.69) is 28.4 Å². The molecule has 0 fully saturated rings. The summed E-state index contributed by atoms with van der Waals surface area (Å²) in [5.41, 5.74) is 2.37. The van der Waals surface area contributed by atoms with Crippen LogP contribution in [0.2, 0.25) is 0 Å². The summed E-state index contributed by atoms with van der Waals surface area (Å²) in [5, 5.41) is 6.82. The standard InChI is InChI=1S/C15H16N4S2/c1-11-12-6-9-21-13(12)5-8-17(11)10-19-15(20)18-7-3-2-4-14(18)16-19/h2-4,6-7,9,11H,5,8,10H2,1H3. The molecule has 0 amide bonds. The number of pyridine rings is 1. The number of hydrogen-bond donors (Lipinski definition) is 0. The predicted molar refractivity (Wildman–Crippen MR) is 87.2 cm³/mol. The normalized spacial score (nSPS) is 19.0. The molecule has 6 heteroatoms. The van der Waals surface area contributed by atoms with Gasteiger partial charge in [0.15, 0.2) is 5.65 Å². The number of nitrogens with zero attached hydrogens (tertiary/aromatic N) is 4. The van der Waals surface area contributed by atoms with E-state index >= 15 is 0 Å². The van der Waals surface area contributed by atoms with E-state index in [0.29, 0.717) is 6.04 Å². The fourth-order valence-electron chi connectivity index (χ4n) is 2.99. The molecular formula is C15H16N4S2. The van der Waals surface area contributed by atoms with E-state index in [1.165, 1.54) is 10.4 Å². The summed E-state index contributed by atoms with van der Waals surface area (Å²) in [4.78, 5) is 3.97. The summed E-state index contributed by atoms with van der Waals surface area (Å²) < 4.78 is 4.65. The SMILES string of the molecule is CC1c2ccsc2CCN1Cn1nc2ccccn2c1=S. The van der Waals surface area contributed by atoms with Crippen molar-refractivity contribution in [2.45, 2.75) is 26.1 Å². The second-order valence-electron chi connectivity index (χ2n) is 5.39. The lowest BCUT2D eigenvalue weighted by Gasteiger charge is -2.33. The Hall–Kier alpha value is -1.50. The molecule has 0 spiro atoms. The molecule has 0 bridgehead atoms. The van der Waals surface area contributed by atoms with E-state index in [9.17, 15) is 0 Å². The molecule has 4 nitrogen and oxygen atoms in total. The predicted octanol–water partition coefficient (Wildman–Crippen LogP) is 3.50. The fourth-order valence-corrected chi connectivity index (χ4v) is 4.20. The molecule has 3 aromatic heterocycles. The quantitative estimate of drug-likeness (QED) is 0.677. The van der Waals surface area contributed by atoms with E-state index in [1.807, 2.05) is 44.8 Å². The van der Waals surface area contributed by atoms with E-state index in [1.54, 1.807) is 0 Å². The van der Waals surface area contributed by atoms with Crippen molar-refractivity contribution in [3.63, 3.8) is 0 Å². The average molecular weight is 316 g/mol. The summed E-state index contributed by atoms with van der Waals surface area (Å²) >= 11 is 7.40. The van der Waals surface area contributed by atoms with Crippen LogP contribution in [0.3, 0.4) is 0 Å². The van der Waals surface area contributed by atoms with Crippen molar-refractivity contribution in [3.05, 3.63) is 51.1 Å². The topological polar surface area (TPSA) is 25.5 Å². The van der Waals surface area contributed by atoms with Gasteiger partial charge in [-0.2, -0.15) is 5.10 Å². The molecule has 3 aromatic rings. The lowest BCUT2D eigenvalue weighted by molar-refractivity contribution is 0.144. The van der Waals surface area contributed by atoms with Crippen LogP contribution in [0.15, 0.2) is 35.8 Å². The maximum atomic E-state index is 5.53. The maximum Gasteiger partial charge on any atom is 0.203 e. The van der Waals surface area contributed by atoms with Crippen LogP contribution in [0, 0.1) is 4.77 Å². The zero-order valence-electron chi connectivity index (χ0n) is 11.8. The first kappa shape index (κ1) is 13.2. The number of fused-ring (bicyclic) bond motifs is 2. The van der Waals surface area contributed by atoms with Gasteiger partial charge in [-0.05, 0) is 54.7 Å². The molecule has 0 N–H and O–H groups in total. The lowest BCUT2D eigenvalue weighted by atomic mass is 10.0. The van der Waals surface area contributed by atoms with E-state index in [-0.39, 0.29) is 0 Å². The Morgan fingerprint density at radius 1 is 1.38 bits per heavy atom. The Bertz CT molecular complexity index is 845. The minimum atomic E-state index is 0.423. The lowest BCUT2D eigenvalue weighted by Crippen LogP contribution is -2.35. The summed E-state index contributed by atoms with van der Waals surface area (Å²) in [6, 6.07) is 8.63. The summed E-state index contributed by atoms with van der Waals surface area (Å²) in [5.74, 6) is 0. The monoisotopic (exact) mass is 316 g/mol. The summed E-state index contributed by atoms with van der Waals surface area (Å²) in [6.07, 6.45) is 3.09. The van der Waals surface area contributed by atoms with E-state index in [4.69, 9.17) is 12.2 Å². The van der Waals surface area contributed by atoms with Crippen molar-refractivity contribution < 1.29 is 0 Å². The molecule has 0 radical (unpaired) electrons. The molecule has 1 atom stereocenters. The Morgan fingerprint density at radius 2 is 2.29 bits per heavy atom. The van der Waals surface area contributed by atoms with Crippen molar-refractivity contribution in [2.24, 2.45) is 0 Å². The summed E-state index contributed by atoms with van der Waals surface area (Å²) in [7, 11) is 0. The molecule has 0 saturated carbocycles. The van der Waals surface area contributed by atoms with E-state index < -0.39 is 0 Å². The van der Waals surface area contributed by atoms with Gasteiger partial charge in [-0.25, -0.2) is 4.68 Å². The van der Waals surface area contributed by atoms with Gasteiger partial charge >= 0.3 is 0 Å². The van der Waals surface area contributed by atoms with Crippen molar-refractivity contribution in [1.82, 2.24) is 19.1 Å². The van der Waals surface area contributed by atoms with Gasteiger partial charge in [0.1, 0.15) is 0 Å². The third-order valence-electron chi connectivity index (χ3n) is 4.21. The fraction of sp³-hybridized carbons (Fsp3) is 0.333. The van der Waals surface area contributed by atoms with Crippen molar-refractivity contribution in [3.8, 4) is 0 Å². The first-order valence-electron chi connectivity index (χ1n) is 7.08. The van der Waals surface area contributed by atoms with Crippen LogP contribution in [0.25, 0.3) is 5.65 Å². The Balaban J connectivity index is 1.67. The third-order valence-corrected chi connectivity index (χ3v) is 5.61. The van der Waals surface area contributed by atoms with Gasteiger partial charge in [0.25, 0.3) is 0 Å². The van der Waals surface area contributed by atoms with Crippen LogP contribution in [-0.4, -0.2) is 25.6 Å². The van der Waals surface area contributed by atoms with Crippen LogP contribution in [0.1, 0.15) is 23.4 Å². The minimum absolute atomic E-state index is 0.423. The smallest absolute Gasteiger partial charge is 0.203 e. The van der Waals surface area contributed by atoms with Crippen molar-refractivity contribution in [1.29, 1.82) is 0 Å². The van der Waals surface area contributed by atoms with Crippen LogP contribution < -0.4 is 0 Å². The molecular weight excluding hydrogens is 300 g/mol. The van der Waals surface area contributed by atoms with Crippen LogP contribution in [0.4, 0.5) is 0 Å². The van der Waals surface area contributed by atoms with E-state index in [0.717, 1.165) is 30.1 Å². The molecule has 1 aliphatic rings. The second-order valence-corrected chi connectivity index (χ2v) is 6.76. The Kier molecular flexibility index (Phi) is 3.17. The highest BCUT2D eigenvalue weighted by Crippen LogP contribution is 2.32. The molecule has 0 aliphatic carbocycles. The largest absolute Gasteiger partial charge is 0.277 e. The van der Waals surface area contributed by atoms with Gasteiger partial charge in [-0.15, -0.1) is 11.3 Å². The van der Waals surface area contributed by atoms with Crippen molar-refractivity contribution >= 4 is 29.2 Å². The first-order valence-corrected chi connectivity index (χ1v) is 8.37. The zero-order chi connectivity index (χ0) is 14.4. The van der Waals surface area contributed by atoms with Gasteiger partial charge < -0.3 is 0 Å². The first-order chi connectivity index (χ1) is 10.2. The number of rotatable bonds is 2. The maximum absolute atomic E-state index is 5.53. The highest BCUT2D eigenvalue weighted by atomic mass is 32.1. The Labute approximate surface area is 132 Å². The Morgan fingerprint density at radius 3 is 3.14 bits per heavy atom. The van der Waals surface area contributed by atoms with Crippen LogP contribution in [-0.2, 0) is 13.1 Å². The number of thiophene rings is 1. The highest BCUT2D eigenvalue weighted by molar-refractivity contribution is 7.71. The average Bonchev–Trinajstić information content (AvgIpc) is 3.09. The molecule has 1 unspecified atom stereocenters. The molecule has 4 heterocycles. The van der Waals surface area contributed by atoms with Gasteiger partial charge in [0.2, 0.25) is 4.77 Å². The molecule has 0 saturated heterocycles. The van der Waals surface area contributed by atoms with Crippen LogP contribution >= 0.6 is 23.6 Å². The van der Waals surface area contributed by atoms with Gasteiger partial charge in [0, 0.05) is 23.7 Å². The molecule has 108 valence electrons. The molecule has 4 rings (SSSR count). The van der Waals surface area contributed by atoms with Gasteiger partial charge in [0.05, 0.1) is 6.67 Å². The third kappa shape index (κ3) is 2.14. The zero-order valence-corrected chi connectivity index (χ0v) is 13.4. The highest BCUT2D eigenvalue weighted by Gasteiger charge is 2.25. The summed E-state index contributed by atoms with van der Waals surface area (Å²) in [6.45, 7) is 4.07. The van der Waals surface area contributed by atoms with Gasteiger partial charge in [-0.1, -0.05) is 6.07 Å². The second kappa shape index (κ2) is 5.05. The van der Waals surface area contributed by atoms with Crippen LogP contribution in [0.5, 0.6) is 0 Å².